The van der Waals surface area contributed by atoms with Crippen LogP contribution in [-0.2, 0) is 16.0 Å². The van der Waals surface area contributed by atoms with Gasteiger partial charge >= 0.3 is 0 Å². The van der Waals surface area contributed by atoms with Gasteiger partial charge in [-0.05, 0) is 49.2 Å². The third kappa shape index (κ3) is 3.91. The zero-order chi connectivity index (χ0) is 18.0. The van der Waals surface area contributed by atoms with E-state index in [0.717, 1.165) is 22.1 Å². The van der Waals surface area contributed by atoms with Crippen molar-refractivity contribution in [2.45, 2.75) is 23.5 Å². The van der Waals surface area contributed by atoms with E-state index in [1.54, 1.807) is 0 Å². The Balaban J connectivity index is 1.70. The van der Waals surface area contributed by atoms with E-state index < -0.39 is 11.7 Å². The molecular weight excluding hydrogens is 339 g/mol. The molecule has 0 bridgehead atoms. The summed E-state index contributed by atoms with van der Waals surface area (Å²) in [6.45, 7) is 5.35. The van der Waals surface area contributed by atoms with Gasteiger partial charge < -0.3 is 10.6 Å². The van der Waals surface area contributed by atoms with Crippen LogP contribution in [0.15, 0.2) is 53.9 Å². The fourth-order valence-electron chi connectivity index (χ4n) is 2.59. The first-order valence-corrected chi connectivity index (χ1v) is 8.64. The normalized spacial score (nSPS) is 15.4. The van der Waals surface area contributed by atoms with E-state index in [4.69, 9.17) is 0 Å². The van der Waals surface area contributed by atoms with Crippen molar-refractivity contribution in [1.29, 1.82) is 0 Å². The van der Waals surface area contributed by atoms with Crippen molar-refractivity contribution in [3.05, 3.63) is 66.0 Å². The maximum absolute atomic E-state index is 13.8. The summed E-state index contributed by atoms with van der Waals surface area (Å²) in [5, 5.41) is 4.93. The molecule has 0 aliphatic carbocycles. The molecule has 0 aromatic heterocycles. The number of amides is 2. The number of hydrogen-bond acceptors (Lipinski definition) is 3. The van der Waals surface area contributed by atoms with Gasteiger partial charge in [0.15, 0.2) is 0 Å². The fraction of sp³-hybridized carbons (Fsp3) is 0.158. The van der Waals surface area contributed by atoms with Crippen molar-refractivity contribution in [1.82, 2.24) is 0 Å². The second-order valence-corrected chi connectivity index (χ2v) is 7.04. The van der Waals surface area contributed by atoms with Gasteiger partial charge in [0.2, 0.25) is 11.8 Å². The standard InChI is InChI=1S/C19H17FN2O2S/c1-3-18(23)22-15-10-13(6-7-14(15)20)21-19(24)17-9-12-5-4-11(2)8-16(12)25-17/h3-8,10,17H,1,9H2,2H3,(H,21,24)(H,22,23). The van der Waals surface area contributed by atoms with Crippen LogP contribution in [0.25, 0.3) is 0 Å². The Bertz CT molecular complexity index is 866. The topological polar surface area (TPSA) is 58.2 Å². The van der Waals surface area contributed by atoms with Crippen molar-refractivity contribution in [3.8, 4) is 0 Å². The molecular formula is C19H17FN2O2S. The summed E-state index contributed by atoms with van der Waals surface area (Å²) in [6, 6.07) is 10.2. The molecule has 2 aromatic rings. The lowest BCUT2D eigenvalue weighted by Crippen LogP contribution is -2.24. The molecule has 2 aromatic carbocycles. The molecule has 128 valence electrons. The van der Waals surface area contributed by atoms with Crippen LogP contribution in [0, 0.1) is 12.7 Å². The molecule has 1 unspecified atom stereocenters. The van der Waals surface area contributed by atoms with E-state index >= 15 is 0 Å². The summed E-state index contributed by atoms with van der Waals surface area (Å²) in [7, 11) is 0. The smallest absolute Gasteiger partial charge is 0.247 e. The predicted molar refractivity (Wildman–Crippen MR) is 98.4 cm³/mol. The van der Waals surface area contributed by atoms with Gasteiger partial charge in [0.1, 0.15) is 5.82 Å². The highest BCUT2D eigenvalue weighted by Gasteiger charge is 2.28. The molecule has 0 radical (unpaired) electrons. The highest BCUT2D eigenvalue weighted by molar-refractivity contribution is 8.01. The Hall–Kier alpha value is -2.60. The maximum Gasteiger partial charge on any atom is 0.247 e. The minimum Gasteiger partial charge on any atom is -0.325 e. The zero-order valence-electron chi connectivity index (χ0n) is 13.6. The molecule has 2 N–H and O–H groups in total. The largest absolute Gasteiger partial charge is 0.325 e. The van der Waals surface area contributed by atoms with Crippen LogP contribution in [0.3, 0.4) is 0 Å². The van der Waals surface area contributed by atoms with E-state index in [-0.39, 0.29) is 16.8 Å². The van der Waals surface area contributed by atoms with Crippen LogP contribution in [0.5, 0.6) is 0 Å². The van der Waals surface area contributed by atoms with E-state index in [1.807, 2.05) is 19.1 Å². The van der Waals surface area contributed by atoms with Crippen molar-refractivity contribution < 1.29 is 14.0 Å². The Morgan fingerprint density at radius 3 is 2.80 bits per heavy atom. The van der Waals surface area contributed by atoms with Gasteiger partial charge in [-0.15, -0.1) is 11.8 Å². The maximum atomic E-state index is 13.8. The van der Waals surface area contributed by atoms with Gasteiger partial charge in [-0.1, -0.05) is 24.3 Å². The molecule has 3 rings (SSSR count). The van der Waals surface area contributed by atoms with Crippen LogP contribution < -0.4 is 10.6 Å². The minimum atomic E-state index is -0.577. The summed E-state index contributed by atoms with van der Waals surface area (Å²) in [6.07, 6.45) is 1.71. The molecule has 0 saturated heterocycles. The summed E-state index contributed by atoms with van der Waals surface area (Å²) in [4.78, 5) is 25.0. The molecule has 0 fully saturated rings. The average Bonchev–Trinajstić information content (AvgIpc) is 3.01. The van der Waals surface area contributed by atoms with Gasteiger partial charge in [-0.3, -0.25) is 9.59 Å². The fourth-order valence-corrected chi connectivity index (χ4v) is 3.88. The average molecular weight is 356 g/mol. The SMILES string of the molecule is C=CC(=O)Nc1cc(NC(=O)C2Cc3ccc(C)cc3S2)ccc1F. The predicted octanol–water partition coefficient (Wildman–Crippen LogP) is 3.91. The van der Waals surface area contributed by atoms with Crippen molar-refractivity contribution in [3.63, 3.8) is 0 Å². The summed E-state index contributed by atoms with van der Waals surface area (Å²) in [5.74, 6) is -1.24. The van der Waals surface area contributed by atoms with Gasteiger partial charge in [0, 0.05) is 10.6 Å². The van der Waals surface area contributed by atoms with Crippen molar-refractivity contribution in [2.75, 3.05) is 10.6 Å². The quantitative estimate of drug-likeness (QED) is 0.817. The van der Waals surface area contributed by atoms with Crippen LogP contribution >= 0.6 is 11.8 Å². The second-order valence-electron chi connectivity index (χ2n) is 5.80. The van der Waals surface area contributed by atoms with Gasteiger partial charge in [-0.2, -0.15) is 0 Å². The van der Waals surface area contributed by atoms with Crippen LogP contribution in [0.4, 0.5) is 15.8 Å². The number of anilines is 2. The van der Waals surface area contributed by atoms with E-state index in [1.165, 1.54) is 30.0 Å². The van der Waals surface area contributed by atoms with E-state index in [2.05, 4.69) is 23.3 Å². The van der Waals surface area contributed by atoms with Gasteiger partial charge in [0.25, 0.3) is 0 Å². The number of benzene rings is 2. The third-order valence-corrected chi connectivity index (χ3v) is 5.17. The number of aryl methyl sites for hydroxylation is 1. The number of carbonyl (C=O) groups excluding carboxylic acids is 2. The molecule has 1 heterocycles. The van der Waals surface area contributed by atoms with Crippen LogP contribution in [0.1, 0.15) is 11.1 Å². The van der Waals surface area contributed by atoms with E-state index in [0.29, 0.717) is 12.1 Å². The number of thioether (sulfide) groups is 1. The number of nitrogens with one attached hydrogen (secondary N) is 2. The first kappa shape index (κ1) is 17.2. The summed E-state index contributed by atoms with van der Waals surface area (Å²) in [5.41, 5.74) is 2.75. The molecule has 6 heteroatoms. The Labute approximate surface area is 149 Å². The molecule has 4 nitrogen and oxygen atoms in total. The Morgan fingerprint density at radius 1 is 1.24 bits per heavy atom. The number of rotatable bonds is 4. The van der Waals surface area contributed by atoms with Gasteiger partial charge in [0.05, 0.1) is 10.9 Å². The molecule has 1 aliphatic heterocycles. The summed E-state index contributed by atoms with van der Waals surface area (Å²) < 4.78 is 13.8. The number of carbonyl (C=O) groups is 2. The highest BCUT2D eigenvalue weighted by Crippen LogP contribution is 2.38. The summed E-state index contributed by atoms with van der Waals surface area (Å²) >= 11 is 1.53. The highest BCUT2D eigenvalue weighted by atomic mass is 32.2. The van der Waals surface area contributed by atoms with Crippen LogP contribution in [0.2, 0.25) is 0 Å². The van der Waals surface area contributed by atoms with Crippen molar-refractivity contribution >= 4 is 35.0 Å². The molecule has 0 spiro atoms. The zero-order valence-corrected chi connectivity index (χ0v) is 14.5. The third-order valence-electron chi connectivity index (χ3n) is 3.87. The Morgan fingerprint density at radius 2 is 2.04 bits per heavy atom. The molecule has 25 heavy (non-hydrogen) atoms. The van der Waals surface area contributed by atoms with Gasteiger partial charge in [-0.25, -0.2) is 4.39 Å². The lowest BCUT2D eigenvalue weighted by Gasteiger charge is -2.12. The second kappa shape index (κ2) is 7.11. The first-order chi connectivity index (χ1) is 12.0. The first-order valence-electron chi connectivity index (χ1n) is 7.76. The lowest BCUT2D eigenvalue weighted by atomic mass is 10.1. The van der Waals surface area contributed by atoms with E-state index in [9.17, 15) is 14.0 Å². The molecule has 1 atom stereocenters. The molecule has 2 amide bonds. The lowest BCUT2D eigenvalue weighted by molar-refractivity contribution is -0.115. The molecule has 0 saturated carbocycles. The van der Waals surface area contributed by atoms with Crippen LogP contribution in [-0.4, -0.2) is 17.1 Å². The van der Waals surface area contributed by atoms with Crippen molar-refractivity contribution in [2.24, 2.45) is 0 Å². The monoisotopic (exact) mass is 356 g/mol. The molecule has 1 aliphatic rings. The number of hydrogen-bond donors (Lipinski definition) is 2. The number of halogens is 1. The minimum absolute atomic E-state index is 0.000635. The Kier molecular flexibility index (Phi) is 4.90. The number of fused-ring (bicyclic) bond motifs is 1.